The quantitative estimate of drug-likeness (QED) is 0.613. The van der Waals surface area contributed by atoms with Crippen LogP contribution < -0.4 is 4.31 Å². The van der Waals surface area contributed by atoms with E-state index in [9.17, 15) is 8.42 Å². The van der Waals surface area contributed by atoms with Crippen LogP contribution in [0.5, 0.6) is 0 Å². The van der Waals surface area contributed by atoms with Crippen molar-refractivity contribution < 1.29 is 8.42 Å². The zero-order valence-corrected chi connectivity index (χ0v) is 16.5. The minimum absolute atomic E-state index is 0.0508. The zero-order chi connectivity index (χ0) is 19.3. The van der Waals surface area contributed by atoms with Crippen LogP contribution in [-0.2, 0) is 23.0 Å². The predicted octanol–water partition coefficient (Wildman–Crippen LogP) is 4.34. The highest BCUT2D eigenvalue weighted by atomic mass is 32.2. The summed E-state index contributed by atoms with van der Waals surface area (Å²) in [6.07, 6.45) is 4.16. The summed E-state index contributed by atoms with van der Waals surface area (Å²) >= 11 is 0. The maximum atomic E-state index is 12.8. The molecule has 1 aromatic heterocycles. The van der Waals surface area contributed by atoms with E-state index in [-0.39, 0.29) is 12.3 Å². The van der Waals surface area contributed by atoms with Gasteiger partial charge in [0.05, 0.1) is 18.0 Å². The Morgan fingerprint density at radius 3 is 2.37 bits per heavy atom. The molecule has 0 aliphatic heterocycles. The predicted molar refractivity (Wildman–Crippen MR) is 110 cm³/mol. The normalized spacial score (nSPS) is 11.3. The van der Waals surface area contributed by atoms with Crippen molar-refractivity contribution in [3.05, 3.63) is 95.3 Å². The second-order valence-corrected chi connectivity index (χ2v) is 8.72. The van der Waals surface area contributed by atoms with Gasteiger partial charge in [-0.25, -0.2) is 8.42 Å². The third-order valence-corrected chi connectivity index (χ3v) is 6.35. The van der Waals surface area contributed by atoms with E-state index >= 15 is 0 Å². The third-order valence-electron chi connectivity index (χ3n) is 4.61. The number of aromatic nitrogens is 1. The van der Waals surface area contributed by atoms with Crippen molar-refractivity contribution in [3.8, 4) is 0 Å². The van der Waals surface area contributed by atoms with E-state index in [4.69, 9.17) is 0 Å². The summed E-state index contributed by atoms with van der Waals surface area (Å²) in [4.78, 5) is 4.11. The minimum Gasteiger partial charge on any atom is -0.266 e. The van der Waals surface area contributed by atoms with Crippen LogP contribution in [0.25, 0.3) is 0 Å². The maximum Gasteiger partial charge on any atom is 0.235 e. The first-order valence-corrected chi connectivity index (χ1v) is 10.6. The van der Waals surface area contributed by atoms with Crippen LogP contribution in [0, 0.1) is 6.92 Å². The molecule has 2 aromatic carbocycles. The van der Waals surface area contributed by atoms with Gasteiger partial charge in [0.1, 0.15) is 0 Å². The Kier molecular flexibility index (Phi) is 5.91. The van der Waals surface area contributed by atoms with Crippen molar-refractivity contribution in [2.24, 2.45) is 0 Å². The second kappa shape index (κ2) is 8.35. The van der Waals surface area contributed by atoms with Gasteiger partial charge in [0, 0.05) is 12.4 Å². The molecule has 0 aliphatic rings. The van der Waals surface area contributed by atoms with Crippen LogP contribution in [0.1, 0.15) is 29.2 Å². The largest absolute Gasteiger partial charge is 0.266 e. The van der Waals surface area contributed by atoms with Gasteiger partial charge in [-0.05, 0) is 60.7 Å². The molecule has 4 nitrogen and oxygen atoms in total. The summed E-state index contributed by atoms with van der Waals surface area (Å²) < 4.78 is 27.0. The van der Waals surface area contributed by atoms with Crippen LogP contribution in [0.3, 0.4) is 0 Å². The van der Waals surface area contributed by atoms with Crippen molar-refractivity contribution in [1.29, 1.82) is 0 Å². The van der Waals surface area contributed by atoms with E-state index in [2.05, 4.69) is 24.0 Å². The summed E-state index contributed by atoms with van der Waals surface area (Å²) in [5, 5.41) is 0. The topological polar surface area (TPSA) is 50.3 Å². The smallest absolute Gasteiger partial charge is 0.235 e. The van der Waals surface area contributed by atoms with Gasteiger partial charge in [0.15, 0.2) is 0 Å². The molecule has 0 spiro atoms. The third kappa shape index (κ3) is 4.74. The molecule has 0 saturated carbocycles. The average molecular weight is 381 g/mol. The van der Waals surface area contributed by atoms with Crippen molar-refractivity contribution in [2.75, 3.05) is 10.1 Å². The highest BCUT2D eigenvalue weighted by molar-refractivity contribution is 7.92. The van der Waals surface area contributed by atoms with Crippen molar-refractivity contribution in [3.63, 3.8) is 0 Å². The van der Waals surface area contributed by atoms with Gasteiger partial charge in [-0.2, -0.15) is 0 Å². The van der Waals surface area contributed by atoms with E-state index in [0.29, 0.717) is 5.69 Å². The summed E-state index contributed by atoms with van der Waals surface area (Å²) in [5.74, 6) is 0.0508. The zero-order valence-electron chi connectivity index (χ0n) is 15.7. The van der Waals surface area contributed by atoms with Crippen LogP contribution in [0.15, 0.2) is 73.1 Å². The first-order chi connectivity index (χ1) is 13.0. The summed E-state index contributed by atoms with van der Waals surface area (Å²) in [5.41, 5.74) is 5.03. The first-order valence-electron chi connectivity index (χ1n) is 9.02. The Hall–Kier alpha value is -2.66. The second-order valence-electron chi connectivity index (χ2n) is 6.54. The number of sulfonamides is 1. The van der Waals surface area contributed by atoms with E-state index in [1.54, 1.807) is 19.3 Å². The fourth-order valence-corrected chi connectivity index (χ4v) is 4.07. The monoisotopic (exact) mass is 380 g/mol. The van der Waals surface area contributed by atoms with Crippen LogP contribution in [0.4, 0.5) is 5.69 Å². The number of hydrogen-bond acceptors (Lipinski definition) is 3. The number of hydrogen-bond donors (Lipinski definition) is 0. The molecular weight excluding hydrogens is 356 g/mol. The molecule has 5 heteroatoms. The molecule has 0 radical (unpaired) electrons. The Bertz CT molecular complexity index is 987. The fraction of sp³-hybridized carbons (Fsp3) is 0.227. The maximum absolute atomic E-state index is 12.8. The number of benzene rings is 2. The molecule has 140 valence electrons. The number of nitrogens with zero attached hydrogens (tertiary/aromatic N) is 2. The van der Waals surface area contributed by atoms with Crippen LogP contribution >= 0.6 is 0 Å². The highest BCUT2D eigenvalue weighted by Gasteiger charge is 2.21. The summed E-state index contributed by atoms with van der Waals surface area (Å²) in [6.45, 7) is 4.00. The molecule has 0 N–H and O–H groups in total. The lowest BCUT2D eigenvalue weighted by Gasteiger charge is -2.25. The van der Waals surface area contributed by atoms with Gasteiger partial charge in [-0.15, -0.1) is 0 Å². The molecule has 27 heavy (non-hydrogen) atoms. The van der Waals surface area contributed by atoms with E-state index in [0.717, 1.165) is 23.1 Å². The molecule has 0 fully saturated rings. The molecule has 0 bridgehead atoms. The SMILES string of the molecule is CCS(=O)(=O)N(Cc1cccnc1)c1ccc(C)c(Cc2ccccc2)c1. The highest BCUT2D eigenvalue weighted by Crippen LogP contribution is 2.26. The Morgan fingerprint density at radius 1 is 0.963 bits per heavy atom. The van der Waals surface area contributed by atoms with E-state index in [1.165, 1.54) is 9.87 Å². The molecule has 0 amide bonds. The van der Waals surface area contributed by atoms with Gasteiger partial charge >= 0.3 is 0 Å². The Morgan fingerprint density at radius 2 is 1.70 bits per heavy atom. The average Bonchev–Trinajstić information content (AvgIpc) is 2.69. The minimum atomic E-state index is -3.41. The lowest BCUT2D eigenvalue weighted by atomic mass is 10.00. The molecule has 3 aromatic rings. The van der Waals surface area contributed by atoms with E-state index in [1.807, 2.05) is 48.5 Å². The van der Waals surface area contributed by atoms with Gasteiger partial charge in [-0.1, -0.05) is 42.5 Å². The van der Waals surface area contributed by atoms with Gasteiger partial charge < -0.3 is 0 Å². The van der Waals surface area contributed by atoms with Gasteiger partial charge in [0.2, 0.25) is 10.0 Å². The lowest BCUT2D eigenvalue weighted by Crippen LogP contribution is -2.32. The first kappa shape index (κ1) is 19.1. The molecule has 0 unspecified atom stereocenters. The molecule has 3 rings (SSSR count). The molecule has 0 atom stereocenters. The Balaban J connectivity index is 1.98. The van der Waals surface area contributed by atoms with Gasteiger partial charge in [0.25, 0.3) is 0 Å². The molecular formula is C22H24N2O2S. The van der Waals surface area contributed by atoms with Crippen molar-refractivity contribution in [1.82, 2.24) is 4.98 Å². The summed E-state index contributed by atoms with van der Waals surface area (Å²) in [7, 11) is -3.41. The fourth-order valence-electron chi connectivity index (χ4n) is 2.98. The standard InChI is InChI=1S/C22H24N2O2S/c1-3-27(25,26)24(17-20-10-7-13-23-16-20)22-12-11-18(2)21(15-22)14-19-8-5-4-6-9-19/h4-13,15-16H,3,14,17H2,1-2H3. The van der Waals surface area contributed by atoms with Gasteiger partial charge in [-0.3, -0.25) is 9.29 Å². The van der Waals surface area contributed by atoms with E-state index < -0.39 is 10.0 Å². The number of anilines is 1. The van der Waals surface area contributed by atoms with Crippen LogP contribution in [-0.4, -0.2) is 19.2 Å². The Labute approximate surface area is 161 Å². The number of aryl methyl sites for hydroxylation is 1. The number of pyridine rings is 1. The van der Waals surface area contributed by atoms with Crippen molar-refractivity contribution in [2.45, 2.75) is 26.8 Å². The molecule has 0 aliphatic carbocycles. The molecule has 0 saturated heterocycles. The van der Waals surface area contributed by atoms with Crippen molar-refractivity contribution >= 4 is 15.7 Å². The molecule has 1 heterocycles. The van der Waals surface area contributed by atoms with Crippen LogP contribution in [0.2, 0.25) is 0 Å². The summed E-state index contributed by atoms with van der Waals surface area (Å²) in [6, 6.07) is 19.8. The lowest BCUT2D eigenvalue weighted by molar-refractivity contribution is 0.591. The number of rotatable bonds is 7.